The van der Waals surface area contributed by atoms with Gasteiger partial charge in [0.1, 0.15) is 16.2 Å². The first-order valence-corrected chi connectivity index (χ1v) is 11.7. The number of aromatic nitrogens is 3. The van der Waals surface area contributed by atoms with Gasteiger partial charge in [0.2, 0.25) is 9.84 Å². The van der Waals surface area contributed by atoms with E-state index < -0.39 is 9.84 Å². The lowest BCUT2D eigenvalue weighted by Gasteiger charge is -2.10. The Hall–Kier alpha value is -3.71. The summed E-state index contributed by atoms with van der Waals surface area (Å²) in [7, 11) is -3.94. The zero-order chi connectivity index (χ0) is 22.6. The Kier molecular flexibility index (Phi) is 4.53. The fraction of sp³-hybridized carbons (Fsp3) is 0.120. The summed E-state index contributed by atoms with van der Waals surface area (Å²) in [6.45, 7) is 5.89. The number of hydrogen-bond donors (Lipinski definition) is 1. The van der Waals surface area contributed by atoms with E-state index in [1.54, 1.807) is 28.8 Å². The van der Waals surface area contributed by atoms with Crippen LogP contribution in [0.5, 0.6) is 0 Å². The number of sulfone groups is 1. The van der Waals surface area contributed by atoms with Crippen molar-refractivity contribution in [2.24, 2.45) is 0 Å². The van der Waals surface area contributed by atoms with Crippen LogP contribution in [0, 0.1) is 20.8 Å². The fourth-order valence-electron chi connectivity index (χ4n) is 4.08. The molecule has 0 amide bonds. The maximum Gasteiger partial charge on any atom is 0.212 e. The van der Waals surface area contributed by atoms with E-state index in [1.165, 1.54) is 0 Å². The Morgan fingerprint density at radius 2 is 1.38 bits per heavy atom. The van der Waals surface area contributed by atoms with E-state index in [4.69, 9.17) is 15.7 Å². The minimum atomic E-state index is -3.94. The summed E-state index contributed by atoms with van der Waals surface area (Å²) in [5, 5.41) is 0. The van der Waals surface area contributed by atoms with E-state index >= 15 is 0 Å². The van der Waals surface area contributed by atoms with Crippen molar-refractivity contribution in [3.05, 3.63) is 83.4 Å². The second-order valence-corrected chi connectivity index (χ2v) is 9.98. The van der Waals surface area contributed by atoms with Gasteiger partial charge in [0.05, 0.1) is 15.9 Å². The molecular weight excluding hydrogens is 420 g/mol. The van der Waals surface area contributed by atoms with Gasteiger partial charge in [0.25, 0.3) is 0 Å². The third-order valence-corrected chi connectivity index (χ3v) is 7.35. The Bertz CT molecular complexity index is 1600. The summed E-state index contributed by atoms with van der Waals surface area (Å²) in [5.41, 5.74) is 12.3. The zero-order valence-electron chi connectivity index (χ0n) is 18.0. The van der Waals surface area contributed by atoms with Gasteiger partial charge in [-0.25, -0.2) is 18.4 Å². The predicted molar refractivity (Wildman–Crippen MR) is 127 cm³/mol. The molecule has 0 unspecified atom stereocenters. The maximum absolute atomic E-state index is 13.7. The molecule has 2 aromatic heterocycles. The van der Waals surface area contributed by atoms with Crippen LogP contribution in [0.2, 0.25) is 0 Å². The first-order chi connectivity index (χ1) is 15.3. The van der Waals surface area contributed by atoms with Gasteiger partial charge >= 0.3 is 0 Å². The predicted octanol–water partition coefficient (Wildman–Crippen LogP) is 4.91. The molecular formula is C25H22N4O2S. The lowest BCUT2D eigenvalue weighted by atomic mass is 10.1. The third kappa shape index (κ3) is 3.13. The van der Waals surface area contributed by atoms with Crippen LogP contribution in [0.1, 0.15) is 16.7 Å². The number of benzene rings is 3. The van der Waals surface area contributed by atoms with Crippen molar-refractivity contribution in [2.45, 2.75) is 30.6 Å². The third-order valence-electron chi connectivity index (χ3n) is 5.52. The number of nitrogen functional groups attached to an aromatic ring is 1. The number of para-hydroxylation sites is 2. The molecule has 0 saturated carbocycles. The van der Waals surface area contributed by atoms with Crippen molar-refractivity contribution in [3.8, 4) is 5.69 Å². The van der Waals surface area contributed by atoms with Crippen LogP contribution in [0.3, 0.4) is 0 Å². The molecule has 2 N–H and O–H groups in total. The first-order valence-electron chi connectivity index (χ1n) is 10.2. The van der Waals surface area contributed by atoms with E-state index in [2.05, 4.69) is 6.07 Å². The largest absolute Gasteiger partial charge is 0.384 e. The molecule has 0 atom stereocenters. The number of anilines is 1. The number of hydrogen-bond acceptors (Lipinski definition) is 5. The van der Waals surface area contributed by atoms with Gasteiger partial charge in [-0.2, -0.15) is 0 Å². The second-order valence-electron chi connectivity index (χ2n) is 8.10. The smallest absolute Gasteiger partial charge is 0.212 e. The molecule has 6 nitrogen and oxygen atoms in total. The molecule has 2 heterocycles. The molecule has 7 heteroatoms. The van der Waals surface area contributed by atoms with Crippen LogP contribution in [-0.2, 0) is 9.84 Å². The number of aryl methyl sites for hydroxylation is 3. The Labute approximate surface area is 186 Å². The lowest BCUT2D eigenvalue weighted by Crippen LogP contribution is -2.07. The molecule has 0 aliphatic rings. The highest BCUT2D eigenvalue weighted by atomic mass is 32.2. The van der Waals surface area contributed by atoms with Crippen molar-refractivity contribution in [3.63, 3.8) is 0 Å². The average molecular weight is 443 g/mol. The SMILES string of the molecule is Cc1ccc(S(=O)(=O)c2c(N)n(-c3cc(C)cc(C)c3)c3nc4ccccc4nc23)cc1. The van der Waals surface area contributed by atoms with Crippen molar-refractivity contribution < 1.29 is 8.42 Å². The van der Waals surface area contributed by atoms with Gasteiger partial charge in [0, 0.05) is 5.69 Å². The highest BCUT2D eigenvalue weighted by Gasteiger charge is 2.30. The lowest BCUT2D eigenvalue weighted by molar-refractivity contribution is 0.597. The highest BCUT2D eigenvalue weighted by Crippen LogP contribution is 2.37. The van der Waals surface area contributed by atoms with Crippen LogP contribution < -0.4 is 5.73 Å². The molecule has 0 aliphatic heterocycles. The number of nitrogens with zero attached hydrogens (tertiary/aromatic N) is 3. The van der Waals surface area contributed by atoms with Crippen LogP contribution in [0.4, 0.5) is 5.82 Å². The summed E-state index contributed by atoms with van der Waals surface area (Å²) < 4.78 is 29.2. The average Bonchev–Trinajstić information content (AvgIpc) is 3.03. The van der Waals surface area contributed by atoms with Crippen molar-refractivity contribution in [2.75, 3.05) is 5.73 Å². The zero-order valence-corrected chi connectivity index (χ0v) is 18.8. The van der Waals surface area contributed by atoms with Gasteiger partial charge in [-0.15, -0.1) is 0 Å². The van der Waals surface area contributed by atoms with E-state index in [1.807, 2.05) is 57.2 Å². The summed E-state index contributed by atoms with van der Waals surface area (Å²) >= 11 is 0. The topological polar surface area (TPSA) is 90.9 Å². The van der Waals surface area contributed by atoms with E-state index in [-0.39, 0.29) is 21.1 Å². The molecule has 3 aromatic carbocycles. The number of rotatable bonds is 3. The van der Waals surface area contributed by atoms with Crippen LogP contribution in [-0.4, -0.2) is 23.0 Å². The molecule has 5 aromatic rings. The number of nitrogens with two attached hydrogens (primary N) is 1. The Morgan fingerprint density at radius 3 is 2.00 bits per heavy atom. The van der Waals surface area contributed by atoms with Crippen molar-refractivity contribution >= 4 is 37.9 Å². The van der Waals surface area contributed by atoms with Crippen molar-refractivity contribution in [1.29, 1.82) is 0 Å². The van der Waals surface area contributed by atoms with Crippen LogP contribution >= 0.6 is 0 Å². The highest BCUT2D eigenvalue weighted by molar-refractivity contribution is 7.92. The summed E-state index contributed by atoms with van der Waals surface area (Å²) in [6.07, 6.45) is 0. The number of fused-ring (bicyclic) bond motifs is 2. The molecule has 160 valence electrons. The summed E-state index contributed by atoms with van der Waals surface area (Å²) in [6, 6.07) is 20.1. The summed E-state index contributed by atoms with van der Waals surface area (Å²) in [4.78, 5) is 9.62. The molecule has 5 rings (SSSR count). The van der Waals surface area contributed by atoms with E-state index in [9.17, 15) is 8.42 Å². The standard InChI is InChI=1S/C25H22N4O2S/c1-15-8-10-19(11-9-15)32(30,31)23-22-25(28-21-7-5-4-6-20(21)27-22)29(24(23)26)18-13-16(2)12-17(3)14-18/h4-14H,26H2,1-3H3. The monoisotopic (exact) mass is 442 g/mol. The minimum absolute atomic E-state index is 0.0197. The normalized spacial score (nSPS) is 12.0. The molecule has 0 fully saturated rings. The van der Waals surface area contributed by atoms with Gasteiger partial charge in [-0.1, -0.05) is 35.9 Å². The van der Waals surface area contributed by atoms with E-state index in [0.29, 0.717) is 16.7 Å². The molecule has 0 saturated heterocycles. The minimum Gasteiger partial charge on any atom is -0.384 e. The molecule has 0 radical (unpaired) electrons. The van der Waals surface area contributed by atoms with Gasteiger partial charge in [-0.3, -0.25) is 4.57 Å². The summed E-state index contributed by atoms with van der Waals surface area (Å²) in [5.74, 6) is 0.0980. The Balaban J connectivity index is 1.92. The van der Waals surface area contributed by atoms with Gasteiger partial charge in [-0.05, 0) is 68.3 Å². The molecule has 0 spiro atoms. The van der Waals surface area contributed by atoms with Crippen LogP contribution in [0.15, 0.2) is 76.5 Å². The van der Waals surface area contributed by atoms with E-state index in [0.717, 1.165) is 22.4 Å². The maximum atomic E-state index is 13.7. The van der Waals surface area contributed by atoms with Crippen molar-refractivity contribution in [1.82, 2.24) is 14.5 Å². The van der Waals surface area contributed by atoms with Gasteiger partial charge < -0.3 is 5.73 Å². The quantitative estimate of drug-likeness (QED) is 0.428. The van der Waals surface area contributed by atoms with Gasteiger partial charge in [0.15, 0.2) is 5.65 Å². The second kappa shape index (κ2) is 7.17. The molecule has 0 aliphatic carbocycles. The molecule has 0 bridgehead atoms. The van der Waals surface area contributed by atoms with Crippen LogP contribution in [0.25, 0.3) is 27.9 Å². The fourth-order valence-corrected chi connectivity index (χ4v) is 5.57. The Morgan fingerprint density at radius 1 is 0.781 bits per heavy atom. The first kappa shape index (κ1) is 20.2. The molecule has 32 heavy (non-hydrogen) atoms.